The van der Waals surface area contributed by atoms with Gasteiger partial charge < -0.3 is 29.5 Å². The molecule has 2 aliphatic heterocycles. The van der Waals surface area contributed by atoms with Gasteiger partial charge in [-0.1, -0.05) is 6.07 Å². The van der Waals surface area contributed by atoms with E-state index in [9.17, 15) is 5.11 Å². The molecule has 1 fully saturated rings. The topological polar surface area (TPSA) is 63.2 Å². The van der Waals surface area contributed by atoms with Crippen LogP contribution in [0, 0.1) is 0 Å². The van der Waals surface area contributed by atoms with Gasteiger partial charge in [-0.05, 0) is 43.6 Å². The first-order valence-electron chi connectivity index (χ1n) is 8.80. The van der Waals surface area contributed by atoms with Crippen molar-refractivity contribution in [2.45, 2.75) is 25.0 Å². The van der Waals surface area contributed by atoms with Gasteiger partial charge in [0.2, 0.25) is 0 Å². The van der Waals surface area contributed by atoms with Gasteiger partial charge in [0.05, 0.1) is 18.8 Å². The van der Waals surface area contributed by atoms with Crippen LogP contribution in [0.2, 0.25) is 0 Å². The molecular weight excluding hydrogens is 308 g/mol. The van der Waals surface area contributed by atoms with Crippen molar-refractivity contribution in [2.24, 2.45) is 0 Å². The van der Waals surface area contributed by atoms with Crippen LogP contribution in [-0.4, -0.2) is 69.2 Å². The molecule has 24 heavy (non-hydrogen) atoms. The van der Waals surface area contributed by atoms with Gasteiger partial charge in [-0.3, -0.25) is 0 Å². The molecular formula is C18H28N2O4. The number of ether oxygens (including phenoxy) is 3. The van der Waals surface area contributed by atoms with Gasteiger partial charge in [0.25, 0.3) is 0 Å². The second-order valence-corrected chi connectivity index (χ2v) is 6.35. The molecule has 0 spiro atoms. The van der Waals surface area contributed by atoms with Gasteiger partial charge in [-0.25, -0.2) is 0 Å². The standard InChI is InChI=1S/C18H28N2O4/c1-22-18(14-4-5-16-17(12-14)24-11-10-23-16)15(19-6-9-21)13-20-7-2-3-8-20/h4-5,12,15,18-19,21H,2-3,6-11,13H2,1H3/t15-,18-/m1/s1. The number of hydrogen-bond donors (Lipinski definition) is 2. The van der Waals surface area contributed by atoms with Crippen LogP contribution >= 0.6 is 0 Å². The Morgan fingerprint density at radius 2 is 1.96 bits per heavy atom. The third-order valence-electron chi connectivity index (χ3n) is 4.69. The van der Waals surface area contributed by atoms with Gasteiger partial charge in [0.15, 0.2) is 11.5 Å². The molecule has 0 saturated carbocycles. The smallest absolute Gasteiger partial charge is 0.161 e. The van der Waals surface area contributed by atoms with E-state index in [4.69, 9.17) is 14.2 Å². The zero-order chi connectivity index (χ0) is 16.8. The molecule has 3 rings (SSSR count). The second-order valence-electron chi connectivity index (χ2n) is 6.35. The largest absolute Gasteiger partial charge is 0.486 e. The summed E-state index contributed by atoms with van der Waals surface area (Å²) in [6.45, 7) is 5.03. The minimum Gasteiger partial charge on any atom is -0.486 e. The molecule has 2 N–H and O–H groups in total. The summed E-state index contributed by atoms with van der Waals surface area (Å²) in [5.74, 6) is 1.57. The molecule has 2 atom stereocenters. The molecule has 6 heteroatoms. The zero-order valence-electron chi connectivity index (χ0n) is 14.4. The SMILES string of the molecule is CO[C@H](c1ccc2c(c1)OCCO2)[C@@H](CN1CCCC1)NCCO. The van der Waals surface area contributed by atoms with Crippen LogP contribution in [0.25, 0.3) is 0 Å². The fourth-order valence-corrected chi connectivity index (χ4v) is 3.53. The van der Waals surface area contributed by atoms with Gasteiger partial charge in [-0.2, -0.15) is 0 Å². The maximum atomic E-state index is 9.21. The molecule has 0 bridgehead atoms. The fourth-order valence-electron chi connectivity index (χ4n) is 3.53. The van der Waals surface area contributed by atoms with Crippen molar-refractivity contribution in [1.82, 2.24) is 10.2 Å². The van der Waals surface area contributed by atoms with Gasteiger partial charge >= 0.3 is 0 Å². The Balaban J connectivity index is 1.76. The molecule has 0 radical (unpaired) electrons. The van der Waals surface area contributed by atoms with Crippen molar-refractivity contribution in [3.63, 3.8) is 0 Å². The van der Waals surface area contributed by atoms with Gasteiger partial charge in [0, 0.05) is 20.2 Å². The van der Waals surface area contributed by atoms with E-state index in [1.54, 1.807) is 7.11 Å². The molecule has 134 valence electrons. The number of aliphatic hydroxyl groups excluding tert-OH is 1. The van der Waals surface area contributed by atoms with E-state index in [0.717, 1.165) is 36.7 Å². The average molecular weight is 336 g/mol. The molecule has 1 saturated heterocycles. The van der Waals surface area contributed by atoms with E-state index >= 15 is 0 Å². The molecule has 0 amide bonds. The number of fused-ring (bicyclic) bond motifs is 1. The summed E-state index contributed by atoms with van der Waals surface area (Å²) in [6, 6.07) is 6.12. The van der Waals surface area contributed by atoms with Crippen molar-refractivity contribution in [3.8, 4) is 11.5 Å². The Kier molecular flexibility index (Phi) is 6.31. The Bertz CT molecular complexity index is 520. The molecule has 0 aromatic heterocycles. The summed E-state index contributed by atoms with van der Waals surface area (Å²) >= 11 is 0. The summed E-state index contributed by atoms with van der Waals surface area (Å²) in [6.07, 6.45) is 2.41. The number of nitrogens with one attached hydrogen (secondary N) is 1. The molecule has 0 unspecified atom stereocenters. The average Bonchev–Trinajstić information content (AvgIpc) is 3.13. The van der Waals surface area contributed by atoms with Crippen molar-refractivity contribution in [1.29, 1.82) is 0 Å². The van der Waals surface area contributed by atoms with Crippen LogP contribution < -0.4 is 14.8 Å². The predicted octanol–water partition coefficient (Wildman–Crippen LogP) is 1.19. The highest BCUT2D eigenvalue weighted by molar-refractivity contribution is 5.44. The quantitative estimate of drug-likeness (QED) is 0.744. The number of likely N-dealkylation sites (tertiary alicyclic amines) is 1. The molecule has 0 aliphatic carbocycles. The van der Waals surface area contributed by atoms with Crippen molar-refractivity contribution < 1.29 is 19.3 Å². The van der Waals surface area contributed by atoms with E-state index in [1.807, 2.05) is 18.2 Å². The van der Waals surface area contributed by atoms with Crippen molar-refractivity contribution in [2.75, 3.05) is 53.1 Å². The van der Waals surface area contributed by atoms with Gasteiger partial charge in [0.1, 0.15) is 13.2 Å². The summed E-state index contributed by atoms with van der Waals surface area (Å²) < 4.78 is 17.1. The highest BCUT2D eigenvalue weighted by Crippen LogP contribution is 2.34. The Morgan fingerprint density at radius 3 is 2.67 bits per heavy atom. The van der Waals surface area contributed by atoms with E-state index in [2.05, 4.69) is 10.2 Å². The first-order chi connectivity index (χ1) is 11.8. The highest BCUT2D eigenvalue weighted by atomic mass is 16.6. The lowest BCUT2D eigenvalue weighted by molar-refractivity contribution is 0.0533. The van der Waals surface area contributed by atoms with Crippen LogP contribution in [0.5, 0.6) is 11.5 Å². The minimum atomic E-state index is -0.104. The monoisotopic (exact) mass is 336 g/mol. The van der Waals surface area contributed by atoms with Gasteiger partial charge in [-0.15, -0.1) is 0 Å². The Labute approximate surface area is 143 Å². The fraction of sp³-hybridized carbons (Fsp3) is 0.667. The maximum Gasteiger partial charge on any atom is 0.161 e. The number of aliphatic hydroxyl groups is 1. The summed E-state index contributed by atoms with van der Waals surface area (Å²) in [7, 11) is 1.74. The Hall–Kier alpha value is -1.34. The van der Waals surface area contributed by atoms with Crippen LogP contribution in [0.3, 0.4) is 0 Å². The van der Waals surface area contributed by atoms with E-state index in [-0.39, 0.29) is 18.8 Å². The highest BCUT2D eigenvalue weighted by Gasteiger charge is 2.27. The molecule has 1 aromatic carbocycles. The molecule has 6 nitrogen and oxygen atoms in total. The first-order valence-corrected chi connectivity index (χ1v) is 8.80. The number of nitrogens with zero attached hydrogens (tertiary/aromatic N) is 1. The molecule has 1 aromatic rings. The summed E-state index contributed by atoms with van der Waals surface area (Å²) in [5, 5.41) is 12.6. The number of benzene rings is 1. The summed E-state index contributed by atoms with van der Waals surface area (Å²) in [4.78, 5) is 2.46. The minimum absolute atomic E-state index is 0.104. The van der Waals surface area contributed by atoms with Crippen LogP contribution in [0.1, 0.15) is 24.5 Å². The van der Waals surface area contributed by atoms with Crippen molar-refractivity contribution >= 4 is 0 Å². The normalized spacial score (nSPS) is 20.1. The predicted molar refractivity (Wildman–Crippen MR) is 91.7 cm³/mol. The first kappa shape index (κ1) is 17.5. The summed E-state index contributed by atoms with van der Waals surface area (Å²) in [5.41, 5.74) is 1.07. The maximum absolute atomic E-state index is 9.21. The third kappa shape index (κ3) is 4.19. The number of hydrogen-bond acceptors (Lipinski definition) is 6. The van der Waals surface area contributed by atoms with Crippen molar-refractivity contribution in [3.05, 3.63) is 23.8 Å². The lowest BCUT2D eigenvalue weighted by atomic mass is 10.0. The number of rotatable bonds is 8. The van der Waals surface area contributed by atoms with E-state index in [0.29, 0.717) is 19.8 Å². The lowest BCUT2D eigenvalue weighted by Gasteiger charge is -2.31. The van der Waals surface area contributed by atoms with E-state index < -0.39 is 0 Å². The van der Waals surface area contributed by atoms with Crippen LogP contribution in [-0.2, 0) is 4.74 Å². The number of methoxy groups -OCH3 is 1. The molecule has 2 heterocycles. The van der Waals surface area contributed by atoms with E-state index in [1.165, 1.54) is 12.8 Å². The lowest BCUT2D eigenvalue weighted by Crippen LogP contribution is -2.45. The van der Waals surface area contributed by atoms with Crippen LogP contribution in [0.4, 0.5) is 0 Å². The van der Waals surface area contributed by atoms with Crippen LogP contribution in [0.15, 0.2) is 18.2 Å². The Morgan fingerprint density at radius 1 is 1.21 bits per heavy atom. The zero-order valence-corrected chi connectivity index (χ0v) is 14.4. The third-order valence-corrected chi connectivity index (χ3v) is 4.69. The second kappa shape index (κ2) is 8.67. The molecule has 2 aliphatic rings.